The minimum atomic E-state index is -0.231. The highest BCUT2D eigenvalue weighted by atomic mass is 35.5. The summed E-state index contributed by atoms with van der Waals surface area (Å²) in [6.45, 7) is 2.99. The van der Waals surface area contributed by atoms with Crippen molar-refractivity contribution in [1.29, 1.82) is 0 Å². The number of hydrogen-bond acceptors (Lipinski definition) is 4. The van der Waals surface area contributed by atoms with Crippen LogP contribution in [0.4, 0.5) is 0 Å². The van der Waals surface area contributed by atoms with Gasteiger partial charge in [0, 0.05) is 10.6 Å². The van der Waals surface area contributed by atoms with Crippen molar-refractivity contribution in [3.8, 4) is 22.8 Å². The lowest BCUT2D eigenvalue weighted by Crippen LogP contribution is -2.27. The summed E-state index contributed by atoms with van der Waals surface area (Å²) in [7, 11) is 0. The van der Waals surface area contributed by atoms with Gasteiger partial charge in [-0.2, -0.15) is 5.10 Å². The highest BCUT2D eigenvalue weighted by Crippen LogP contribution is 2.32. The highest BCUT2D eigenvalue weighted by Gasteiger charge is 2.18. The predicted octanol–water partition coefficient (Wildman–Crippen LogP) is 3.99. The largest absolute Gasteiger partial charge is 0.486 e. The molecule has 2 aromatic carbocycles. The molecule has 6 nitrogen and oxygen atoms in total. The summed E-state index contributed by atoms with van der Waals surface area (Å²) < 4.78 is 11.1. The third-order valence-corrected chi connectivity index (χ3v) is 4.63. The zero-order valence-electron chi connectivity index (χ0n) is 14.7. The van der Waals surface area contributed by atoms with E-state index < -0.39 is 0 Å². The molecule has 2 N–H and O–H groups in total. The van der Waals surface area contributed by atoms with Crippen LogP contribution in [0.2, 0.25) is 5.02 Å². The van der Waals surface area contributed by atoms with Gasteiger partial charge in [0.25, 0.3) is 5.91 Å². The molecule has 3 aromatic rings. The Balaban J connectivity index is 1.46. The van der Waals surface area contributed by atoms with Crippen LogP contribution < -0.4 is 14.8 Å². The Hall–Kier alpha value is -2.99. The number of rotatable bonds is 4. The van der Waals surface area contributed by atoms with Gasteiger partial charge in [-0.15, -0.1) is 0 Å². The highest BCUT2D eigenvalue weighted by molar-refractivity contribution is 6.30. The standard InChI is InChI=1S/C20H18ClN3O3/c1-12(14-4-7-18-19(10-14)27-9-8-26-18)22-20(25)17-11-16(23-24-17)13-2-5-15(21)6-3-13/h2-7,10-12H,8-9H2,1H3,(H,22,25)(H,23,24). The van der Waals surface area contributed by atoms with Crippen molar-refractivity contribution in [2.24, 2.45) is 0 Å². The van der Waals surface area contributed by atoms with Crippen LogP contribution in [0.5, 0.6) is 11.5 Å². The van der Waals surface area contributed by atoms with Gasteiger partial charge < -0.3 is 14.8 Å². The molecule has 0 saturated heterocycles. The van der Waals surface area contributed by atoms with E-state index >= 15 is 0 Å². The molecule has 1 aliphatic rings. The van der Waals surface area contributed by atoms with Crippen LogP contribution in [0.25, 0.3) is 11.3 Å². The molecule has 4 rings (SSSR count). The van der Waals surface area contributed by atoms with Crippen molar-refractivity contribution in [2.45, 2.75) is 13.0 Å². The fourth-order valence-electron chi connectivity index (χ4n) is 2.89. The first-order chi connectivity index (χ1) is 13.1. The Labute approximate surface area is 161 Å². The Bertz CT molecular complexity index is 969. The zero-order valence-corrected chi connectivity index (χ0v) is 15.4. The van der Waals surface area contributed by atoms with E-state index in [1.807, 2.05) is 37.3 Å². The van der Waals surface area contributed by atoms with Gasteiger partial charge >= 0.3 is 0 Å². The molecule has 0 saturated carbocycles. The van der Waals surface area contributed by atoms with E-state index in [0.29, 0.717) is 35.4 Å². The number of ether oxygens (including phenoxy) is 2. The number of fused-ring (bicyclic) bond motifs is 1. The Kier molecular flexibility index (Phi) is 4.73. The summed E-state index contributed by atoms with van der Waals surface area (Å²) in [5, 5.41) is 10.6. The van der Waals surface area contributed by atoms with Gasteiger partial charge in [0.15, 0.2) is 11.5 Å². The quantitative estimate of drug-likeness (QED) is 0.714. The Morgan fingerprint density at radius 2 is 1.85 bits per heavy atom. The van der Waals surface area contributed by atoms with Crippen LogP contribution in [-0.2, 0) is 0 Å². The number of benzene rings is 2. The number of nitrogens with one attached hydrogen (secondary N) is 2. The number of hydrogen-bond donors (Lipinski definition) is 2. The third kappa shape index (κ3) is 3.75. The summed E-state index contributed by atoms with van der Waals surface area (Å²) in [6, 6.07) is 14.5. The van der Waals surface area contributed by atoms with Gasteiger partial charge in [-0.05, 0) is 42.8 Å². The van der Waals surface area contributed by atoms with E-state index in [4.69, 9.17) is 21.1 Å². The molecule has 0 bridgehead atoms. The number of amides is 1. The molecule has 0 spiro atoms. The molecular weight excluding hydrogens is 366 g/mol. The van der Waals surface area contributed by atoms with Gasteiger partial charge in [-0.25, -0.2) is 0 Å². The number of H-pyrrole nitrogens is 1. The topological polar surface area (TPSA) is 76.2 Å². The number of carbonyl (C=O) groups excluding carboxylic acids is 1. The van der Waals surface area contributed by atoms with E-state index in [1.54, 1.807) is 18.2 Å². The molecule has 1 aliphatic heterocycles. The summed E-state index contributed by atoms with van der Waals surface area (Å²) in [5.74, 6) is 1.20. The average Bonchev–Trinajstić information content (AvgIpc) is 3.18. The Morgan fingerprint density at radius 3 is 2.63 bits per heavy atom. The number of nitrogens with zero attached hydrogens (tertiary/aromatic N) is 1. The van der Waals surface area contributed by atoms with Crippen molar-refractivity contribution in [3.05, 3.63) is 64.8 Å². The van der Waals surface area contributed by atoms with Gasteiger partial charge in [0.05, 0.1) is 11.7 Å². The summed E-state index contributed by atoms with van der Waals surface area (Å²) in [5.41, 5.74) is 2.90. The number of carbonyl (C=O) groups is 1. The lowest BCUT2D eigenvalue weighted by molar-refractivity contribution is 0.0934. The van der Waals surface area contributed by atoms with Gasteiger partial charge in [0.1, 0.15) is 18.9 Å². The SMILES string of the molecule is CC(NC(=O)c1cc(-c2ccc(Cl)cc2)n[nH]1)c1ccc2c(c1)OCCO2. The number of aromatic amines is 1. The van der Waals surface area contributed by atoms with E-state index in [-0.39, 0.29) is 11.9 Å². The van der Waals surface area contributed by atoms with Crippen molar-refractivity contribution in [3.63, 3.8) is 0 Å². The van der Waals surface area contributed by atoms with Crippen LogP contribution in [-0.4, -0.2) is 29.3 Å². The van der Waals surface area contributed by atoms with E-state index in [0.717, 1.165) is 16.9 Å². The Morgan fingerprint density at radius 1 is 1.11 bits per heavy atom. The lowest BCUT2D eigenvalue weighted by Gasteiger charge is -2.21. The molecule has 1 unspecified atom stereocenters. The van der Waals surface area contributed by atoms with Crippen molar-refractivity contribution >= 4 is 17.5 Å². The summed E-state index contributed by atoms with van der Waals surface area (Å²) >= 11 is 5.91. The summed E-state index contributed by atoms with van der Waals surface area (Å²) in [4.78, 5) is 12.6. The van der Waals surface area contributed by atoms with Crippen molar-refractivity contribution in [2.75, 3.05) is 13.2 Å². The monoisotopic (exact) mass is 383 g/mol. The van der Waals surface area contributed by atoms with Gasteiger partial charge in [0.2, 0.25) is 0 Å². The first-order valence-electron chi connectivity index (χ1n) is 8.62. The van der Waals surface area contributed by atoms with Crippen LogP contribution in [0, 0.1) is 0 Å². The molecule has 0 aliphatic carbocycles. The molecule has 1 aromatic heterocycles. The van der Waals surface area contributed by atoms with Crippen molar-refractivity contribution < 1.29 is 14.3 Å². The lowest BCUT2D eigenvalue weighted by atomic mass is 10.1. The first kappa shape index (κ1) is 17.4. The second kappa shape index (κ2) is 7.32. The second-order valence-electron chi connectivity index (χ2n) is 6.27. The normalized spacial score (nSPS) is 13.9. The third-order valence-electron chi connectivity index (χ3n) is 4.38. The molecule has 0 radical (unpaired) electrons. The molecule has 27 heavy (non-hydrogen) atoms. The minimum Gasteiger partial charge on any atom is -0.486 e. The predicted molar refractivity (Wildman–Crippen MR) is 102 cm³/mol. The molecule has 1 atom stereocenters. The molecule has 1 amide bonds. The number of aromatic nitrogens is 2. The van der Waals surface area contributed by atoms with Crippen LogP contribution in [0.15, 0.2) is 48.5 Å². The van der Waals surface area contributed by atoms with Crippen molar-refractivity contribution in [1.82, 2.24) is 15.5 Å². The van der Waals surface area contributed by atoms with Gasteiger partial charge in [-0.1, -0.05) is 29.8 Å². The minimum absolute atomic E-state index is 0.199. The smallest absolute Gasteiger partial charge is 0.269 e. The maximum atomic E-state index is 12.6. The van der Waals surface area contributed by atoms with E-state index in [1.165, 1.54) is 0 Å². The van der Waals surface area contributed by atoms with Crippen LogP contribution in [0.1, 0.15) is 29.0 Å². The molecule has 138 valence electrons. The molecule has 0 fully saturated rings. The molecule has 2 heterocycles. The second-order valence-corrected chi connectivity index (χ2v) is 6.71. The fraction of sp³-hybridized carbons (Fsp3) is 0.200. The first-order valence-corrected chi connectivity index (χ1v) is 9.00. The average molecular weight is 384 g/mol. The maximum absolute atomic E-state index is 12.6. The maximum Gasteiger partial charge on any atom is 0.269 e. The zero-order chi connectivity index (χ0) is 18.8. The van der Waals surface area contributed by atoms with Gasteiger partial charge in [-0.3, -0.25) is 9.89 Å². The fourth-order valence-corrected chi connectivity index (χ4v) is 3.02. The van der Waals surface area contributed by atoms with Crippen LogP contribution in [0.3, 0.4) is 0 Å². The van der Waals surface area contributed by atoms with E-state index in [9.17, 15) is 4.79 Å². The summed E-state index contributed by atoms with van der Waals surface area (Å²) in [6.07, 6.45) is 0. The number of halogens is 1. The van der Waals surface area contributed by atoms with Crippen LogP contribution >= 0.6 is 11.6 Å². The molecular formula is C20H18ClN3O3. The molecule has 7 heteroatoms. The van der Waals surface area contributed by atoms with E-state index in [2.05, 4.69) is 15.5 Å².